The lowest BCUT2D eigenvalue weighted by Gasteiger charge is -2.21. The summed E-state index contributed by atoms with van der Waals surface area (Å²) < 4.78 is 5.59. The fraction of sp³-hybridized carbons (Fsp3) is 0.692. The van der Waals surface area contributed by atoms with E-state index < -0.39 is 5.97 Å². The summed E-state index contributed by atoms with van der Waals surface area (Å²) in [6.07, 6.45) is 5.44. The van der Waals surface area contributed by atoms with E-state index in [4.69, 9.17) is 9.52 Å². The minimum absolute atomic E-state index is 0.0964. The molecule has 5 heteroatoms. The van der Waals surface area contributed by atoms with E-state index in [-0.39, 0.29) is 6.42 Å². The highest BCUT2D eigenvalue weighted by Gasteiger charge is 2.24. The first-order valence-electron chi connectivity index (χ1n) is 6.58. The Kier molecular flexibility index (Phi) is 4.36. The SMILES string of the molecule is CCN1CCCC1Cc1ncc(CCC(=O)O)o1. The molecule has 0 aliphatic carbocycles. The van der Waals surface area contributed by atoms with Gasteiger partial charge in [-0.1, -0.05) is 6.92 Å². The van der Waals surface area contributed by atoms with Crippen molar-refractivity contribution in [2.45, 2.75) is 45.1 Å². The lowest BCUT2D eigenvalue weighted by atomic mass is 10.1. The molecule has 0 aromatic carbocycles. The monoisotopic (exact) mass is 252 g/mol. The minimum Gasteiger partial charge on any atom is -0.481 e. The number of aromatic nitrogens is 1. The fourth-order valence-electron chi connectivity index (χ4n) is 2.53. The molecule has 2 heterocycles. The van der Waals surface area contributed by atoms with Gasteiger partial charge in [-0.15, -0.1) is 0 Å². The first-order chi connectivity index (χ1) is 8.69. The fourth-order valence-corrected chi connectivity index (χ4v) is 2.53. The molecule has 2 rings (SSSR count). The van der Waals surface area contributed by atoms with Crippen molar-refractivity contribution in [3.8, 4) is 0 Å². The van der Waals surface area contributed by atoms with Crippen LogP contribution < -0.4 is 0 Å². The van der Waals surface area contributed by atoms with Crippen LogP contribution in [0.3, 0.4) is 0 Å². The highest BCUT2D eigenvalue weighted by Crippen LogP contribution is 2.20. The van der Waals surface area contributed by atoms with E-state index in [0.717, 1.165) is 25.4 Å². The number of likely N-dealkylation sites (tertiary alicyclic amines) is 1. The number of carbonyl (C=O) groups is 1. The number of hydrogen-bond donors (Lipinski definition) is 1. The molecule has 0 amide bonds. The zero-order chi connectivity index (χ0) is 13.0. The summed E-state index contributed by atoms with van der Waals surface area (Å²) >= 11 is 0. The maximum absolute atomic E-state index is 10.5. The number of likely N-dealkylation sites (N-methyl/N-ethyl adjacent to an activating group) is 1. The molecule has 1 aromatic heterocycles. The molecule has 100 valence electrons. The molecule has 1 aromatic rings. The van der Waals surface area contributed by atoms with Gasteiger partial charge in [0.25, 0.3) is 0 Å². The molecule has 1 N–H and O–H groups in total. The normalized spacial score (nSPS) is 20.4. The Balaban J connectivity index is 1.88. The van der Waals surface area contributed by atoms with Crippen molar-refractivity contribution >= 4 is 5.97 Å². The number of aliphatic carboxylic acids is 1. The van der Waals surface area contributed by atoms with Crippen LogP contribution in [-0.4, -0.2) is 40.1 Å². The van der Waals surface area contributed by atoms with Crippen LogP contribution in [0.1, 0.15) is 37.8 Å². The van der Waals surface area contributed by atoms with Gasteiger partial charge >= 0.3 is 5.97 Å². The van der Waals surface area contributed by atoms with E-state index in [1.165, 1.54) is 12.8 Å². The number of oxazole rings is 1. The molecular formula is C13H20N2O3. The first kappa shape index (κ1) is 13.1. The number of rotatable bonds is 6. The highest BCUT2D eigenvalue weighted by molar-refractivity contribution is 5.66. The van der Waals surface area contributed by atoms with Crippen LogP contribution in [-0.2, 0) is 17.6 Å². The van der Waals surface area contributed by atoms with E-state index in [2.05, 4.69) is 16.8 Å². The van der Waals surface area contributed by atoms with Gasteiger partial charge in [0, 0.05) is 18.9 Å². The van der Waals surface area contributed by atoms with Crippen LogP contribution in [0, 0.1) is 0 Å². The van der Waals surface area contributed by atoms with Crippen molar-refractivity contribution in [3.63, 3.8) is 0 Å². The van der Waals surface area contributed by atoms with Crippen molar-refractivity contribution in [2.75, 3.05) is 13.1 Å². The largest absolute Gasteiger partial charge is 0.481 e. The van der Waals surface area contributed by atoms with Gasteiger partial charge in [-0.05, 0) is 25.9 Å². The van der Waals surface area contributed by atoms with E-state index in [9.17, 15) is 4.79 Å². The Morgan fingerprint density at radius 2 is 2.50 bits per heavy atom. The highest BCUT2D eigenvalue weighted by atomic mass is 16.4. The summed E-state index contributed by atoms with van der Waals surface area (Å²) in [4.78, 5) is 17.2. The molecule has 0 spiro atoms. The van der Waals surface area contributed by atoms with E-state index in [1.807, 2.05) is 0 Å². The predicted molar refractivity (Wildman–Crippen MR) is 66.4 cm³/mol. The average molecular weight is 252 g/mol. The smallest absolute Gasteiger partial charge is 0.303 e. The molecule has 5 nitrogen and oxygen atoms in total. The lowest BCUT2D eigenvalue weighted by Crippen LogP contribution is -2.30. The molecule has 0 radical (unpaired) electrons. The maximum atomic E-state index is 10.5. The van der Waals surface area contributed by atoms with Gasteiger partial charge in [0.1, 0.15) is 5.76 Å². The van der Waals surface area contributed by atoms with Gasteiger partial charge in [0.05, 0.1) is 12.6 Å². The lowest BCUT2D eigenvalue weighted by molar-refractivity contribution is -0.137. The topological polar surface area (TPSA) is 66.6 Å². The summed E-state index contributed by atoms with van der Waals surface area (Å²) in [7, 11) is 0. The quantitative estimate of drug-likeness (QED) is 0.835. The zero-order valence-corrected chi connectivity index (χ0v) is 10.8. The molecule has 1 aliphatic heterocycles. The third kappa shape index (κ3) is 3.32. The van der Waals surface area contributed by atoms with Gasteiger partial charge in [-0.25, -0.2) is 4.98 Å². The molecule has 18 heavy (non-hydrogen) atoms. The van der Waals surface area contributed by atoms with Crippen LogP contribution >= 0.6 is 0 Å². The van der Waals surface area contributed by atoms with Crippen molar-refractivity contribution in [3.05, 3.63) is 17.8 Å². The Morgan fingerprint density at radius 3 is 3.22 bits per heavy atom. The predicted octanol–water partition coefficient (Wildman–Crippen LogP) is 1.72. The van der Waals surface area contributed by atoms with Crippen LogP contribution in [0.4, 0.5) is 0 Å². The number of nitrogens with zero attached hydrogens (tertiary/aromatic N) is 2. The van der Waals surface area contributed by atoms with Crippen molar-refractivity contribution in [2.24, 2.45) is 0 Å². The number of carboxylic acid groups (broad SMARTS) is 1. The summed E-state index contributed by atoms with van der Waals surface area (Å²) in [5, 5.41) is 8.61. The zero-order valence-electron chi connectivity index (χ0n) is 10.8. The van der Waals surface area contributed by atoms with Gasteiger partial charge < -0.3 is 14.4 Å². The Hall–Kier alpha value is -1.36. The molecule has 1 atom stereocenters. The van der Waals surface area contributed by atoms with Crippen molar-refractivity contribution in [1.82, 2.24) is 9.88 Å². The van der Waals surface area contributed by atoms with Crippen molar-refractivity contribution in [1.29, 1.82) is 0 Å². The average Bonchev–Trinajstić information content (AvgIpc) is 2.96. The second kappa shape index (κ2) is 6.00. The molecular weight excluding hydrogens is 232 g/mol. The van der Waals surface area contributed by atoms with Gasteiger partial charge in [0.15, 0.2) is 5.89 Å². The van der Waals surface area contributed by atoms with Crippen LogP contribution in [0.15, 0.2) is 10.6 Å². The summed E-state index contributed by atoms with van der Waals surface area (Å²) in [6, 6.07) is 0.529. The maximum Gasteiger partial charge on any atom is 0.303 e. The Bertz CT molecular complexity index is 403. The molecule has 1 fully saturated rings. The molecule has 0 bridgehead atoms. The van der Waals surface area contributed by atoms with Crippen LogP contribution in [0.5, 0.6) is 0 Å². The standard InChI is InChI=1S/C13H20N2O3/c1-2-15-7-3-4-10(15)8-12-14-9-11(18-12)5-6-13(16)17/h9-10H,2-8H2,1H3,(H,16,17). The number of carboxylic acids is 1. The Morgan fingerprint density at radius 1 is 1.67 bits per heavy atom. The Labute approximate surface area is 107 Å². The molecule has 1 saturated heterocycles. The van der Waals surface area contributed by atoms with Crippen molar-refractivity contribution < 1.29 is 14.3 Å². The van der Waals surface area contributed by atoms with E-state index in [1.54, 1.807) is 6.20 Å². The third-order valence-corrected chi connectivity index (χ3v) is 3.50. The third-order valence-electron chi connectivity index (χ3n) is 3.50. The number of hydrogen-bond acceptors (Lipinski definition) is 4. The van der Waals surface area contributed by atoms with Gasteiger partial charge in [-0.2, -0.15) is 0 Å². The molecule has 1 aliphatic rings. The number of aryl methyl sites for hydroxylation is 1. The van der Waals surface area contributed by atoms with Crippen LogP contribution in [0.2, 0.25) is 0 Å². The summed E-state index contributed by atoms with van der Waals surface area (Å²) in [5.74, 6) is 0.607. The summed E-state index contributed by atoms with van der Waals surface area (Å²) in [5.41, 5.74) is 0. The van der Waals surface area contributed by atoms with Gasteiger partial charge in [-0.3, -0.25) is 4.79 Å². The second-order valence-corrected chi connectivity index (χ2v) is 4.74. The second-order valence-electron chi connectivity index (χ2n) is 4.74. The first-order valence-corrected chi connectivity index (χ1v) is 6.58. The minimum atomic E-state index is -0.805. The van der Waals surface area contributed by atoms with E-state index >= 15 is 0 Å². The van der Waals surface area contributed by atoms with E-state index in [0.29, 0.717) is 18.2 Å². The molecule has 0 saturated carbocycles. The summed E-state index contributed by atoms with van der Waals surface area (Å²) in [6.45, 7) is 4.40. The van der Waals surface area contributed by atoms with Crippen LogP contribution in [0.25, 0.3) is 0 Å². The molecule has 1 unspecified atom stereocenters. The van der Waals surface area contributed by atoms with Gasteiger partial charge in [0.2, 0.25) is 0 Å².